The van der Waals surface area contributed by atoms with Gasteiger partial charge in [0, 0.05) is 13.1 Å². The lowest BCUT2D eigenvalue weighted by Gasteiger charge is -2.33. The molecule has 0 radical (unpaired) electrons. The molecule has 1 aliphatic carbocycles. The van der Waals surface area contributed by atoms with Crippen LogP contribution in [0.2, 0.25) is 0 Å². The summed E-state index contributed by atoms with van der Waals surface area (Å²) in [6.45, 7) is 3.34. The van der Waals surface area contributed by atoms with E-state index in [1.165, 1.54) is 35.3 Å². The third-order valence-electron chi connectivity index (χ3n) is 5.64. The molecule has 142 valence electrons. The number of hydrogen-bond donors (Lipinski definition) is 1. The van der Waals surface area contributed by atoms with E-state index in [-0.39, 0.29) is 23.8 Å². The molecule has 2 heterocycles. The van der Waals surface area contributed by atoms with Crippen LogP contribution in [0.15, 0.2) is 41.8 Å². The van der Waals surface area contributed by atoms with Gasteiger partial charge in [0.2, 0.25) is 5.91 Å². The lowest BCUT2D eigenvalue weighted by molar-refractivity contribution is -0.127. The van der Waals surface area contributed by atoms with Gasteiger partial charge in [-0.05, 0) is 55.5 Å². The molecule has 4 nitrogen and oxygen atoms in total. The summed E-state index contributed by atoms with van der Waals surface area (Å²) in [6.07, 6.45) is 4.08. The van der Waals surface area contributed by atoms with Crippen LogP contribution in [0.1, 0.15) is 52.5 Å². The summed E-state index contributed by atoms with van der Waals surface area (Å²) < 4.78 is 0. The minimum Gasteiger partial charge on any atom is -0.349 e. The predicted molar refractivity (Wildman–Crippen MR) is 108 cm³/mol. The number of thiophene rings is 1. The van der Waals surface area contributed by atoms with Crippen molar-refractivity contribution in [2.24, 2.45) is 11.8 Å². The van der Waals surface area contributed by atoms with Gasteiger partial charge >= 0.3 is 0 Å². The lowest BCUT2D eigenvalue weighted by atomic mass is 9.95. The van der Waals surface area contributed by atoms with Gasteiger partial charge in [0.1, 0.15) is 0 Å². The van der Waals surface area contributed by atoms with Crippen LogP contribution in [0.3, 0.4) is 0 Å². The highest BCUT2D eigenvalue weighted by molar-refractivity contribution is 7.12. The second-order valence-corrected chi connectivity index (χ2v) is 8.75. The number of nitrogens with one attached hydrogen (secondary N) is 1. The van der Waals surface area contributed by atoms with Gasteiger partial charge in [-0.15, -0.1) is 11.3 Å². The van der Waals surface area contributed by atoms with E-state index in [0.717, 1.165) is 24.3 Å². The summed E-state index contributed by atoms with van der Waals surface area (Å²) in [7, 11) is 0. The van der Waals surface area contributed by atoms with Crippen molar-refractivity contribution in [2.45, 2.75) is 38.6 Å². The van der Waals surface area contributed by atoms with Gasteiger partial charge in [-0.2, -0.15) is 0 Å². The van der Waals surface area contributed by atoms with Gasteiger partial charge in [-0.25, -0.2) is 0 Å². The Morgan fingerprint density at radius 1 is 1.15 bits per heavy atom. The molecule has 0 bridgehead atoms. The average molecular weight is 383 g/mol. The quantitative estimate of drug-likeness (QED) is 0.843. The van der Waals surface area contributed by atoms with Gasteiger partial charge in [0.05, 0.1) is 16.8 Å². The van der Waals surface area contributed by atoms with Gasteiger partial charge in [0.15, 0.2) is 0 Å². The van der Waals surface area contributed by atoms with E-state index in [0.29, 0.717) is 12.5 Å². The predicted octanol–water partition coefficient (Wildman–Crippen LogP) is 4.18. The molecule has 2 atom stereocenters. The lowest BCUT2D eigenvalue weighted by Crippen LogP contribution is -2.46. The zero-order valence-corrected chi connectivity index (χ0v) is 16.5. The first kappa shape index (κ1) is 18.2. The molecule has 1 aromatic carbocycles. The van der Waals surface area contributed by atoms with E-state index in [9.17, 15) is 9.59 Å². The fourth-order valence-corrected chi connectivity index (χ4v) is 4.57. The zero-order valence-electron chi connectivity index (χ0n) is 15.7. The van der Waals surface area contributed by atoms with Crippen molar-refractivity contribution in [3.05, 3.63) is 57.8 Å². The van der Waals surface area contributed by atoms with Crippen LogP contribution >= 0.6 is 11.3 Å². The standard InChI is InChI=1S/C22H26N2O2S/c1-15-6-8-16(9-7-15)20(17-10-11-17)23-21(25)18-4-2-12-24(14-18)22(26)19-5-3-13-27-19/h3,5-9,13,17-18,20H,2,4,10-12,14H2,1H3,(H,23,25). The van der Waals surface area contributed by atoms with Crippen LogP contribution in [-0.4, -0.2) is 29.8 Å². The minimum atomic E-state index is -0.116. The molecule has 1 saturated heterocycles. The van der Waals surface area contributed by atoms with Gasteiger partial charge in [-0.1, -0.05) is 35.9 Å². The maximum absolute atomic E-state index is 13.0. The summed E-state index contributed by atoms with van der Waals surface area (Å²) >= 11 is 1.46. The topological polar surface area (TPSA) is 49.4 Å². The third kappa shape index (κ3) is 4.24. The Morgan fingerprint density at radius 2 is 1.93 bits per heavy atom. The molecule has 1 aromatic heterocycles. The van der Waals surface area contributed by atoms with Gasteiger partial charge in [-0.3, -0.25) is 9.59 Å². The number of amides is 2. The number of carbonyl (C=O) groups excluding carboxylic acids is 2. The fraction of sp³-hybridized carbons (Fsp3) is 0.455. The molecule has 1 N–H and O–H groups in total. The number of carbonyl (C=O) groups is 2. The number of nitrogens with zero attached hydrogens (tertiary/aromatic N) is 1. The van der Waals surface area contributed by atoms with Crippen molar-refractivity contribution in [1.29, 1.82) is 0 Å². The highest BCUT2D eigenvalue weighted by Crippen LogP contribution is 2.41. The molecule has 2 amide bonds. The van der Waals surface area contributed by atoms with Crippen LogP contribution in [-0.2, 0) is 4.79 Å². The molecule has 2 unspecified atom stereocenters. The first-order valence-electron chi connectivity index (χ1n) is 9.81. The number of hydrogen-bond acceptors (Lipinski definition) is 3. The van der Waals surface area contributed by atoms with E-state index in [4.69, 9.17) is 0 Å². The number of rotatable bonds is 5. The summed E-state index contributed by atoms with van der Waals surface area (Å²) in [4.78, 5) is 28.2. The fourth-order valence-electron chi connectivity index (χ4n) is 3.88. The molecule has 5 heteroatoms. The van der Waals surface area contributed by atoms with Crippen molar-refractivity contribution < 1.29 is 9.59 Å². The van der Waals surface area contributed by atoms with Crippen molar-refractivity contribution >= 4 is 23.2 Å². The molecular weight excluding hydrogens is 356 g/mol. The van der Waals surface area contributed by atoms with E-state index < -0.39 is 0 Å². The minimum absolute atomic E-state index is 0.0553. The van der Waals surface area contributed by atoms with Crippen molar-refractivity contribution in [3.63, 3.8) is 0 Å². The second kappa shape index (κ2) is 7.85. The monoisotopic (exact) mass is 382 g/mol. The SMILES string of the molecule is Cc1ccc(C(NC(=O)C2CCCN(C(=O)c3cccs3)C2)C2CC2)cc1. The Labute approximate surface area is 164 Å². The number of likely N-dealkylation sites (tertiary alicyclic amines) is 1. The van der Waals surface area contributed by atoms with Crippen LogP contribution in [0.5, 0.6) is 0 Å². The Kier molecular flexibility index (Phi) is 5.30. The normalized spacial score (nSPS) is 20.9. The maximum Gasteiger partial charge on any atom is 0.263 e. The number of piperidine rings is 1. The van der Waals surface area contributed by atoms with Crippen LogP contribution in [0.25, 0.3) is 0 Å². The van der Waals surface area contributed by atoms with Crippen molar-refractivity contribution in [3.8, 4) is 0 Å². The maximum atomic E-state index is 13.0. The van der Waals surface area contributed by atoms with E-state index >= 15 is 0 Å². The van der Waals surface area contributed by atoms with E-state index in [1.54, 1.807) is 0 Å². The van der Waals surface area contributed by atoms with Crippen LogP contribution in [0, 0.1) is 18.8 Å². The number of benzene rings is 1. The molecule has 27 heavy (non-hydrogen) atoms. The third-order valence-corrected chi connectivity index (χ3v) is 6.50. The van der Waals surface area contributed by atoms with Crippen molar-refractivity contribution in [2.75, 3.05) is 13.1 Å². The molecule has 2 fully saturated rings. The largest absolute Gasteiger partial charge is 0.349 e. The first-order chi connectivity index (χ1) is 13.1. The van der Waals surface area contributed by atoms with Crippen molar-refractivity contribution in [1.82, 2.24) is 10.2 Å². The Balaban J connectivity index is 1.42. The molecule has 0 spiro atoms. The molecular formula is C22H26N2O2S. The number of aryl methyl sites for hydroxylation is 1. The Morgan fingerprint density at radius 3 is 2.59 bits per heavy atom. The van der Waals surface area contributed by atoms with Crippen LogP contribution in [0.4, 0.5) is 0 Å². The Bertz CT molecular complexity index is 796. The molecule has 2 aromatic rings. The molecule has 4 rings (SSSR count). The van der Waals surface area contributed by atoms with Gasteiger partial charge < -0.3 is 10.2 Å². The van der Waals surface area contributed by atoms with E-state index in [2.05, 4.69) is 36.5 Å². The molecule has 1 aliphatic heterocycles. The zero-order chi connectivity index (χ0) is 18.8. The summed E-state index contributed by atoms with van der Waals surface area (Å²) in [6, 6.07) is 12.3. The first-order valence-corrected chi connectivity index (χ1v) is 10.7. The Hall–Kier alpha value is -2.14. The van der Waals surface area contributed by atoms with Gasteiger partial charge in [0.25, 0.3) is 5.91 Å². The smallest absolute Gasteiger partial charge is 0.263 e. The van der Waals surface area contributed by atoms with Crippen LogP contribution < -0.4 is 5.32 Å². The second-order valence-electron chi connectivity index (χ2n) is 7.80. The summed E-state index contributed by atoms with van der Waals surface area (Å²) in [5.41, 5.74) is 2.42. The summed E-state index contributed by atoms with van der Waals surface area (Å²) in [5, 5.41) is 5.22. The average Bonchev–Trinajstić information content (AvgIpc) is 3.39. The van der Waals surface area contributed by atoms with E-state index in [1.807, 2.05) is 22.4 Å². The highest BCUT2D eigenvalue weighted by atomic mass is 32.1. The highest BCUT2D eigenvalue weighted by Gasteiger charge is 2.36. The molecule has 1 saturated carbocycles. The summed E-state index contributed by atoms with van der Waals surface area (Å²) in [5.74, 6) is 0.578. The molecule has 2 aliphatic rings.